The minimum absolute atomic E-state index is 0.0985. The Hall–Kier alpha value is -2.19. The molecule has 8 heteroatoms. The summed E-state index contributed by atoms with van der Waals surface area (Å²) in [4.78, 5) is 12.9. The van der Waals surface area contributed by atoms with Gasteiger partial charge in [0.1, 0.15) is 9.75 Å². The van der Waals surface area contributed by atoms with E-state index in [9.17, 15) is 18.3 Å². The van der Waals surface area contributed by atoms with Gasteiger partial charge in [-0.05, 0) is 47.4 Å². The number of aliphatic carboxylic acids is 1. The van der Waals surface area contributed by atoms with Gasteiger partial charge in [0.2, 0.25) is 0 Å². The summed E-state index contributed by atoms with van der Waals surface area (Å²) in [5.41, 5.74) is 1.40. The van der Waals surface area contributed by atoms with Crippen LogP contribution in [0.1, 0.15) is 17.0 Å². The average Bonchev–Trinajstić information content (AvgIpc) is 3.07. The van der Waals surface area contributed by atoms with Gasteiger partial charge in [0.15, 0.2) is 0 Å². The first-order chi connectivity index (χ1) is 13.8. The lowest BCUT2D eigenvalue weighted by molar-refractivity contribution is -0.140. The number of rotatable bonds is 5. The maximum Gasteiger partial charge on any atom is 0.325 e. The van der Waals surface area contributed by atoms with Gasteiger partial charge >= 0.3 is 5.97 Å². The van der Waals surface area contributed by atoms with Gasteiger partial charge in [-0.15, -0.1) is 11.3 Å². The highest BCUT2D eigenvalue weighted by Gasteiger charge is 2.74. The van der Waals surface area contributed by atoms with Crippen LogP contribution < -0.4 is 4.72 Å². The fourth-order valence-corrected chi connectivity index (χ4v) is 7.30. The van der Waals surface area contributed by atoms with Crippen LogP contribution in [0, 0.1) is 5.92 Å². The molecule has 1 saturated carbocycles. The van der Waals surface area contributed by atoms with Crippen molar-refractivity contribution in [1.82, 2.24) is 4.72 Å². The van der Waals surface area contributed by atoms with E-state index in [-0.39, 0.29) is 16.0 Å². The molecular formula is C21H16ClNO4S2. The molecule has 0 bridgehead atoms. The van der Waals surface area contributed by atoms with Crippen molar-refractivity contribution in [1.29, 1.82) is 0 Å². The van der Waals surface area contributed by atoms with Crippen LogP contribution in [0.25, 0.3) is 10.4 Å². The van der Waals surface area contributed by atoms with Gasteiger partial charge in [-0.1, -0.05) is 48.0 Å². The Labute approximate surface area is 177 Å². The largest absolute Gasteiger partial charge is 0.480 e. The molecule has 0 saturated heterocycles. The maximum atomic E-state index is 13.0. The van der Waals surface area contributed by atoms with Crippen LogP contribution >= 0.6 is 22.9 Å². The molecule has 5 nitrogen and oxygen atoms in total. The monoisotopic (exact) mass is 445 g/mol. The number of halogens is 1. The third kappa shape index (κ3) is 2.84. The Morgan fingerprint density at radius 3 is 2.55 bits per heavy atom. The first kappa shape index (κ1) is 18.8. The molecule has 0 radical (unpaired) electrons. The van der Waals surface area contributed by atoms with E-state index in [1.807, 2.05) is 36.4 Å². The first-order valence-electron chi connectivity index (χ1n) is 9.04. The van der Waals surface area contributed by atoms with E-state index in [1.54, 1.807) is 18.2 Å². The lowest BCUT2D eigenvalue weighted by atomic mass is 9.99. The van der Waals surface area contributed by atoms with Crippen molar-refractivity contribution in [2.45, 2.75) is 22.1 Å². The summed E-state index contributed by atoms with van der Waals surface area (Å²) in [7, 11) is -3.98. The predicted molar refractivity (Wildman–Crippen MR) is 112 cm³/mol. The minimum Gasteiger partial charge on any atom is -0.480 e. The van der Waals surface area contributed by atoms with Gasteiger partial charge < -0.3 is 5.11 Å². The summed E-state index contributed by atoms with van der Waals surface area (Å²) < 4.78 is 28.7. The van der Waals surface area contributed by atoms with E-state index in [4.69, 9.17) is 11.6 Å². The Morgan fingerprint density at radius 2 is 1.83 bits per heavy atom. The minimum atomic E-state index is -3.98. The van der Waals surface area contributed by atoms with Crippen molar-refractivity contribution >= 4 is 38.9 Å². The predicted octanol–water partition coefficient (Wildman–Crippen LogP) is 4.14. The number of carboxylic acid groups (broad SMARTS) is 1. The van der Waals surface area contributed by atoms with Crippen LogP contribution in [-0.2, 0) is 21.2 Å². The number of thiophene rings is 1. The van der Waals surface area contributed by atoms with E-state index in [0.717, 1.165) is 32.9 Å². The average molecular weight is 446 g/mol. The molecule has 2 N–H and O–H groups in total. The molecule has 2 aliphatic rings. The molecule has 0 spiro atoms. The zero-order valence-electron chi connectivity index (χ0n) is 15.0. The van der Waals surface area contributed by atoms with E-state index in [1.165, 1.54) is 6.07 Å². The zero-order chi connectivity index (χ0) is 20.4. The maximum absolute atomic E-state index is 13.0. The fraction of sp³-hybridized carbons (Fsp3) is 0.190. The molecular weight excluding hydrogens is 430 g/mol. The van der Waals surface area contributed by atoms with Gasteiger partial charge in [0, 0.05) is 21.7 Å². The Bertz CT molecular complexity index is 1240. The number of hydrogen-bond acceptors (Lipinski definition) is 4. The van der Waals surface area contributed by atoms with E-state index < -0.39 is 21.5 Å². The van der Waals surface area contributed by atoms with Crippen molar-refractivity contribution in [2.24, 2.45) is 5.92 Å². The van der Waals surface area contributed by atoms with Crippen molar-refractivity contribution in [3.63, 3.8) is 0 Å². The molecule has 2 aliphatic carbocycles. The molecule has 5 rings (SSSR count). The van der Waals surface area contributed by atoms with Crippen molar-refractivity contribution in [3.8, 4) is 10.4 Å². The number of benzene rings is 2. The molecule has 148 valence electrons. The Morgan fingerprint density at radius 1 is 1.10 bits per heavy atom. The standard InChI is InChI=1S/C21H16ClNO4S2/c22-14-7-5-12(6-8-14)17-9-10-18(28-17)29(26,27)23-21(20(24)25)16-11-13-3-1-2-4-15(13)19(16)21/h1-10,16,19,23H,11H2,(H,24,25). The van der Waals surface area contributed by atoms with Crippen molar-refractivity contribution in [2.75, 3.05) is 0 Å². The molecule has 1 aromatic heterocycles. The Kier molecular flexibility index (Phi) is 4.15. The molecule has 0 aliphatic heterocycles. The van der Waals surface area contributed by atoms with E-state index in [2.05, 4.69) is 4.72 Å². The quantitative estimate of drug-likeness (QED) is 0.618. The summed E-state index contributed by atoms with van der Waals surface area (Å²) in [5, 5.41) is 10.5. The highest BCUT2D eigenvalue weighted by Crippen LogP contribution is 2.64. The van der Waals surface area contributed by atoms with Crippen LogP contribution in [0.4, 0.5) is 0 Å². The van der Waals surface area contributed by atoms with Crippen LogP contribution in [-0.4, -0.2) is 25.0 Å². The van der Waals surface area contributed by atoms with E-state index >= 15 is 0 Å². The summed E-state index contributed by atoms with van der Waals surface area (Å²) in [6.07, 6.45) is 0.566. The molecule has 2 aromatic carbocycles. The lowest BCUT2D eigenvalue weighted by Gasteiger charge is -2.19. The van der Waals surface area contributed by atoms with Gasteiger partial charge in [-0.2, -0.15) is 4.72 Å². The number of carboxylic acids is 1. The van der Waals surface area contributed by atoms with Crippen molar-refractivity contribution in [3.05, 3.63) is 76.8 Å². The summed E-state index contributed by atoms with van der Waals surface area (Å²) in [6, 6.07) is 18.0. The van der Waals surface area contributed by atoms with Gasteiger partial charge in [-0.25, -0.2) is 8.42 Å². The number of nitrogens with one attached hydrogen (secondary N) is 1. The normalized spacial score (nSPS) is 24.7. The smallest absolute Gasteiger partial charge is 0.325 e. The third-order valence-electron chi connectivity index (χ3n) is 5.83. The highest BCUT2D eigenvalue weighted by atomic mass is 35.5. The van der Waals surface area contributed by atoms with Crippen LogP contribution in [0.15, 0.2) is 64.9 Å². The summed E-state index contributed by atoms with van der Waals surface area (Å²) in [5.74, 6) is -1.72. The molecule has 0 amide bonds. The summed E-state index contributed by atoms with van der Waals surface area (Å²) >= 11 is 7.02. The van der Waals surface area contributed by atoms with E-state index in [0.29, 0.717) is 11.4 Å². The second-order valence-corrected chi connectivity index (χ2v) is 10.8. The zero-order valence-corrected chi connectivity index (χ0v) is 17.4. The fourth-order valence-electron chi connectivity index (χ4n) is 4.44. The van der Waals surface area contributed by atoms with Crippen LogP contribution in [0.3, 0.4) is 0 Å². The second kappa shape index (κ2) is 6.40. The molecule has 1 fully saturated rings. The van der Waals surface area contributed by atoms with Gasteiger partial charge in [0.05, 0.1) is 0 Å². The number of sulfonamides is 1. The second-order valence-electron chi connectivity index (χ2n) is 7.39. The molecule has 3 atom stereocenters. The molecule has 3 unspecified atom stereocenters. The first-order valence-corrected chi connectivity index (χ1v) is 11.7. The third-order valence-corrected chi connectivity index (χ3v) is 9.19. The van der Waals surface area contributed by atoms with Gasteiger partial charge in [0.25, 0.3) is 10.0 Å². The SMILES string of the molecule is O=C(O)C1(NS(=O)(=O)c2ccc(-c3ccc(Cl)cc3)s2)C2Cc3ccccc3C21. The molecule has 1 heterocycles. The topological polar surface area (TPSA) is 83.5 Å². The number of carbonyl (C=O) groups is 1. The number of fused-ring (bicyclic) bond motifs is 3. The van der Waals surface area contributed by atoms with Crippen LogP contribution in [0.5, 0.6) is 0 Å². The van der Waals surface area contributed by atoms with Crippen LogP contribution in [0.2, 0.25) is 5.02 Å². The van der Waals surface area contributed by atoms with Crippen molar-refractivity contribution < 1.29 is 18.3 Å². The lowest BCUT2D eigenvalue weighted by Crippen LogP contribution is -2.46. The number of hydrogen-bond donors (Lipinski definition) is 2. The van der Waals surface area contributed by atoms with Gasteiger partial charge in [-0.3, -0.25) is 4.79 Å². The molecule has 3 aromatic rings. The highest BCUT2D eigenvalue weighted by molar-refractivity contribution is 7.91. The summed E-state index contributed by atoms with van der Waals surface area (Å²) in [6.45, 7) is 0. The Balaban J connectivity index is 1.46. The molecule has 29 heavy (non-hydrogen) atoms.